The van der Waals surface area contributed by atoms with E-state index in [0.717, 1.165) is 40.9 Å². The van der Waals surface area contributed by atoms with E-state index in [-0.39, 0.29) is 0 Å². The minimum absolute atomic E-state index is 0.462. The summed E-state index contributed by atoms with van der Waals surface area (Å²) in [4.78, 5) is 9.50. The summed E-state index contributed by atoms with van der Waals surface area (Å²) in [6.07, 6.45) is 10.8. The molecule has 0 saturated heterocycles. The number of hydrogen-bond acceptors (Lipinski definition) is 3. The average Bonchev–Trinajstić information content (AvgIpc) is 2.78. The van der Waals surface area contributed by atoms with Crippen LogP contribution < -0.4 is 10.8 Å². The number of hydrogen-bond donors (Lipinski definition) is 1. The van der Waals surface area contributed by atoms with Gasteiger partial charge in [0.2, 0.25) is 0 Å². The van der Waals surface area contributed by atoms with Gasteiger partial charge in [-0.15, -0.1) is 6.58 Å². The Morgan fingerprint density at radius 3 is 2.30 bits per heavy atom. The topological polar surface area (TPSA) is 42.2 Å². The molecule has 0 bridgehead atoms. The second kappa shape index (κ2) is 13.8. The van der Waals surface area contributed by atoms with Crippen molar-refractivity contribution in [3.8, 4) is 0 Å². The normalized spacial score (nSPS) is 11.7. The molecule has 1 aromatic heterocycles. The lowest BCUT2D eigenvalue weighted by Crippen LogP contribution is -2.29. The Labute approximate surface area is 202 Å². The Morgan fingerprint density at radius 1 is 1.12 bits per heavy atom. The third-order valence-corrected chi connectivity index (χ3v) is 6.32. The van der Waals surface area contributed by atoms with Crippen LogP contribution in [0, 0.1) is 19.3 Å². The molecule has 0 aliphatic heterocycles. The van der Waals surface area contributed by atoms with Gasteiger partial charge < -0.3 is 9.88 Å². The first-order chi connectivity index (χ1) is 15.6. The first-order valence-electron chi connectivity index (χ1n) is 12.3. The number of unbranched alkanes of at least 4 members (excludes halogenated alkanes) is 3. The van der Waals surface area contributed by atoms with E-state index in [0.29, 0.717) is 5.41 Å². The van der Waals surface area contributed by atoms with Crippen LogP contribution in [-0.2, 0) is 6.54 Å². The quantitative estimate of drug-likeness (QED) is 0.285. The zero-order valence-electron chi connectivity index (χ0n) is 22.2. The lowest BCUT2D eigenvalue weighted by molar-refractivity contribution is 0.307. The number of rotatable bonds is 11. The first kappa shape index (κ1) is 28.4. The van der Waals surface area contributed by atoms with Gasteiger partial charge in [-0.1, -0.05) is 65.7 Å². The molecule has 0 unspecified atom stereocenters. The van der Waals surface area contributed by atoms with Crippen molar-refractivity contribution in [3.63, 3.8) is 0 Å². The van der Waals surface area contributed by atoms with E-state index in [1.165, 1.54) is 43.2 Å². The summed E-state index contributed by atoms with van der Waals surface area (Å²) in [7, 11) is 1.87. The third-order valence-electron chi connectivity index (χ3n) is 6.32. The van der Waals surface area contributed by atoms with Crippen molar-refractivity contribution in [1.29, 1.82) is 0 Å². The van der Waals surface area contributed by atoms with Gasteiger partial charge in [-0.25, -0.2) is 9.98 Å². The van der Waals surface area contributed by atoms with Gasteiger partial charge in [0.1, 0.15) is 5.69 Å². The molecule has 182 valence electrons. The highest BCUT2D eigenvalue weighted by molar-refractivity contribution is 5.78. The standard InChI is InChI=1S/C26H40N4.C3H6/c1-9-26(6,7)15-13-11-12-14-16-30-23-18-20(4)19(3)17-22(23)29-24(21(5)27-8)25(30)28-10-2;1-3-2/h10,17-18,27H,2,5,9,11-16H2,1,3-4,6-8H3;3H,1H2,2H3. The summed E-state index contributed by atoms with van der Waals surface area (Å²) in [6.45, 7) is 25.4. The van der Waals surface area contributed by atoms with Crippen molar-refractivity contribution < 1.29 is 0 Å². The van der Waals surface area contributed by atoms with E-state index in [1.807, 2.05) is 14.0 Å². The number of benzene rings is 1. The van der Waals surface area contributed by atoms with E-state index in [4.69, 9.17) is 4.98 Å². The molecule has 0 spiro atoms. The van der Waals surface area contributed by atoms with E-state index in [9.17, 15) is 0 Å². The van der Waals surface area contributed by atoms with Gasteiger partial charge in [0.25, 0.3) is 0 Å². The van der Waals surface area contributed by atoms with Crippen molar-refractivity contribution in [1.82, 2.24) is 14.9 Å². The summed E-state index contributed by atoms with van der Waals surface area (Å²) in [5.41, 5.74) is 7.47. The zero-order valence-corrected chi connectivity index (χ0v) is 22.2. The Balaban J connectivity index is 0.00000172. The maximum atomic E-state index is 4.90. The Morgan fingerprint density at radius 2 is 1.73 bits per heavy atom. The lowest BCUT2D eigenvalue weighted by atomic mass is 9.84. The minimum atomic E-state index is 0.462. The largest absolute Gasteiger partial charge is 0.387 e. The molecular formula is C29H46N4. The van der Waals surface area contributed by atoms with E-state index in [1.54, 1.807) is 12.3 Å². The Hall–Kier alpha value is -2.62. The highest BCUT2D eigenvalue weighted by Crippen LogP contribution is 2.27. The van der Waals surface area contributed by atoms with Gasteiger partial charge >= 0.3 is 0 Å². The van der Waals surface area contributed by atoms with Crippen molar-refractivity contribution in [2.24, 2.45) is 10.4 Å². The van der Waals surface area contributed by atoms with Crippen LogP contribution in [0.3, 0.4) is 0 Å². The number of fused-ring (bicyclic) bond motifs is 1. The van der Waals surface area contributed by atoms with Crippen LogP contribution in [0.25, 0.3) is 16.7 Å². The Kier molecular flexibility index (Phi) is 11.9. The predicted octanol–water partition coefficient (Wildman–Crippen LogP) is 7.47. The molecule has 1 aromatic carbocycles. The van der Waals surface area contributed by atoms with Gasteiger partial charge in [-0.2, -0.15) is 0 Å². The first-order valence-corrected chi connectivity index (χ1v) is 12.3. The van der Waals surface area contributed by atoms with E-state index in [2.05, 4.69) is 81.4 Å². The fraction of sp³-hybridized carbons (Fsp3) is 0.517. The smallest absolute Gasteiger partial charge is 0.161 e. The molecule has 0 radical (unpaired) electrons. The molecule has 0 saturated carbocycles. The highest BCUT2D eigenvalue weighted by atomic mass is 15.1. The summed E-state index contributed by atoms with van der Waals surface area (Å²) in [5, 5.41) is 3.14. The molecule has 0 aliphatic rings. The summed E-state index contributed by atoms with van der Waals surface area (Å²) < 4.78 is 2.30. The molecule has 0 fully saturated rings. The maximum absolute atomic E-state index is 4.90. The molecule has 2 aromatic rings. The fourth-order valence-corrected chi connectivity index (χ4v) is 3.67. The monoisotopic (exact) mass is 450 g/mol. The van der Waals surface area contributed by atoms with Crippen molar-refractivity contribution >= 4 is 16.7 Å². The van der Waals surface area contributed by atoms with Gasteiger partial charge in [-0.3, -0.25) is 0 Å². The third kappa shape index (κ3) is 8.34. The van der Waals surface area contributed by atoms with Crippen molar-refractivity contribution in [3.05, 3.63) is 66.5 Å². The van der Waals surface area contributed by atoms with Crippen LogP contribution in [0.5, 0.6) is 0 Å². The van der Waals surface area contributed by atoms with Crippen molar-refractivity contribution in [2.75, 3.05) is 7.05 Å². The van der Waals surface area contributed by atoms with E-state index < -0.39 is 0 Å². The molecule has 0 atom stereocenters. The van der Waals surface area contributed by atoms with Crippen LogP contribution in [0.1, 0.15) is 83.0 Å². The van der Waals surface area contributed by atoms with E-state index >= 15 is 0 Å². The molecule has 4 heteroatoms. The van der Waals surface area contributed by atoms with Crippen LogP contribution in [0.2, 0.25) is 0 Å². The van der Waals surface area contributed by atoms with Crippen LogP contribution in [0.15, 0.2) is 49.1 Å². The molecule has 0 aliphatic carbocycles. The van der Waals surface area contributed by atoms with Crippen LogP contribution >= 0.6 is 0 Å². The number of allylic oxidation sites excluding steroid dienone is 1. The molecule has 1 N–H and O–H groups in total. The number of nitrogens with zero attached hydrogens (tertiary/aromatic N) is 3. The van der Waals surface area contributed by atoms with Crippen LogP contribution in [0.4, 0.5) is 0 Å². The SMILES string of the molecule is C=CC.C=CN=c1c(C(=C)NC)nc2cc(C)c(C)cc2n1CCCCCCC(C)(C)CC. The molecule has 0 amide bonds. The van der Waals surface area contributed by atoms with Gasteiger partial charge in [0, 0.05) is 19.8 Å². The summed E-state index contributed by atoms with van der Waals surface area (Å²) in [5.74, 6) is 0. The maximum Gasteiger partial charge on any atom is 0.161 e. The zero-order chi connectivity index (χ0) is 25.0. The fourth-order valence-electron chi connectivity index (χ4n) is 3.67. The highest BCUT2D eigenvalue weighted by Gasteiger charge is 2.15. The summed E-state index contributed by atoms with van der Waals surface area (Å²) in [6, 6.07) is 4.40. The Bertz CT molecular complexity index is 1010. The molecular weight excluding hydrogens is 404 g/mol. The number of aromatic nitrogens is 2. The second-order valence-corrected chi connectivity index (χ2v) is 9.49. The minimum Gasteiger partial charge on any atom is -0.387 e. The number of aryl methyl sites for hydroxylation is 3. The second-order valence-electron chi connectivity index (χ2n) is 9.49. The molecule has 4 nitrogen and oxygen atoms in total. The van der Waals surface area contributed by atoms with Gasteiger partial charge in [-0.05, 0) is 62.3 Å². The van der Waals surface area contributed by atoms with Crippen molar-refractivity contribution in [2.45, 2.75) is 86.6 Å². The lowest BCUT2D eigenvalue weighted by Gasteiger charge is -2.22. The van der Waals surface area contributed by atoms with Gasteiger partial charge in [0.15, 0.2) is 5.49 Å². The molecule has 1 heterocycles. The molecule has 33 heavy (non-hydrogen) atoms. The number of nitrogens with one attached hydrogen (secondary N) is 1. The molecule has 2 rings (SSSR count). The van der Waals surface area contributed by atoms with Gasteiger partial charge in [0.05, 0.1) is 16.7 Å². The summed E-state index contributed by atoms with van der Waals surface area (Å²) >= 11 is 0. The predicted molar refractivity (Wildman–Crippen MR) is 146 cm³/mol. The van der Waals surface area contributed by atoms with Crippen LogP contribution in [-0.4, -0.2) is 16.6 Å². The average molecular weight is 451 g/mol.